The van der Waals surface area contributed by atoms with Crippen LogP contribution >= 0.6 is 0 Å². The number of hydrogen-bond acceptors (Lipinski definition) is 2. The molecule has 6 aliphatic rings. The van der Waals surface area contributed by atoms with E-state index in [0.717, 1.165) is 50.7 Å². The highest BCUT2D eigenvalue weighted by molar-refractivity contribution is 5.91. The first-order chi connectivity index (χ1) is 20.0. The van der Waals surface area contributed by atoms with Gasteiger partial charge in [-0.15, -0.1) is 0 Å². The monoisotopic (exact) mass is 578 g/mol. The first kappa shape index (κ1) is 28.0. The van der Waals surface area contributed by atoms with E-state index in [9.17, 15) is 22.8 Å². The van der Waals surface area contributed by atoms with Crippen molar-refractivity contribution in [2.75, 3.05) is 0 Å². The van der Waals surface area contributed by atoms with Crippen molar-refractivity contribution >= 4 is 11.8 Å². The largest absolute Gasteiger partial charge is 0.416 e. The summed E-state index contributed by atoms with van der Waals surface area (Å²) in [5.41, 5.74) is 1.40. The van der Waals surface area contributed by atoms with Crippen LogP contribution in [0.5, 0.6) is 0 Å². The summed E-state index contributed by atoms with van der Waals surface area (Å²) in [4.78, 5) is 30.0. The van der Waals surface area contributed by atoms with E-state index in [2.05, 4.69) is 29.6 Å². The summed E-state index contributed by atoms with van der Waals surface area (Å²) < 4.78 is 39.8. The van der Waals surface area contributed by atoms with E-state index >= 15 is 0 Å². The molecule has 1 N–H and O–H groups in total. The summed E-state index contributed by atoms with van der Waals surface area (Å²) in [5, 5.41) is 3.62. The van der Waals surface area contributed by atoms with Gasteiger partial charge < -0.3 is 10.2 Å². The van der Waals surface area contributed by atoms with Gasteiger partial charge in [0.2, 0.25) is 11.8 Å². The van der Waals surface area contributed by atoms with Crippen LogP contribution in [0, 0.1) is 29.6 Å². The lowest BCUT2D eigenvalue weighted by Gasteiger charge is -2.58. The van der Waals surface area contributed by atoms with Crippen LogP contribution in [0.4, 0.5) is 13.2 Å². The molecular formula is C35H41F3N2O2. The van der Waals surface area contributed by atoms with E-state index in [1.165, 1.54) is 49.4 Å². The van der Waals surface area contributed by atoms with Gasteiger partial charge in [-0.3, -0.25) is 9.59 Å². The number of carbonyl (C=O) groups excluding carboxylic acids is 2. The number of hydrogen-bond donors (Lipinski definition) is 1. The third-order valence-electron chi connectivity index (χ3n) is 11.6. The summed E-state index contributed by atoms with van der Waals surface area (Å²) in [6.07, 6.45) is 6.38. The summed E-state index contributed by atoms with van der Waals surface area (Å²) in [5.74, 6) is 2.51. The molecule has 6 aliphatic carbocycles. The van der Waals surface area contributed by atoms with Gasteiger partial charge >= 0.3 is 6.18 Å². The zero-order chi connectivity index (χ0) is 29.3. The lowest BCUT2D eigenvalue weighted by molar-refractivity contribution is -0.156. The van der Waals surface area contributed by atoms with Crippen molar-refractivity contribution in [3.05, 3.63) is 70.8 Å². The fraction of sp³-hybridized carbons (Fsp3) is 0.600. The zero-order valence-corrected chi connectivity index (χ0v) is 24.4. The number of rotatable bonds is 5. The molecule has 0 unspecified atom stereocenters. The highest BCUT2D eigenvalue weighted by atomic mass is 19.4. The maximum Gasteiger partial charge on any atom is 0.416 e. The summed E-state index contributed by atoms with van der Waals surface area (Å²) >= 11 is 0. The molecule has 0 aliphatic heterocycles. The third kappa shape index (κ3) is 4.94. The fourth-order valence-corrected chi connectivity index (χ4v) is 10.1. The van der Waals surface area contributed by atoms with Crippen LogP contribution in [0.15, 0.2) is 48.5 Å². The maximum atomic E-state index is 14.8. The topological polar surface area (TPSA) is 49.4 Å². The second-order valence-electron chi connectivity index (χ2n) is 14.4. The van der Waals surface area contributed by atoms with Crippen molar-refractivity contribution in [3.8, 4) is 0 Å². The first-order valence-electron chi connectivity index (χ1n) is 15.9. The zero-order valence-electron chi connectivity index (χ0n) is 24.4. The molecule has 5 fully saturated rings. The second kappa shape index (κ2) is 10.1. The second-order valence-corrected chi connectivity index (χ2v) is 14.4. The van der Waals surface area contributed by atoms with Gasteiger partial charge in [-0.1, -0.05) is 36.4 Å². The number of nitrogens with one attached hydrogen (secondary N) is 1. The predicted molar refractivity (Wildman–Crippen MR) is 154 cm³/mol. The first-order valence-corrected chi connectivity index (χ1v) is 15.9. The van der Waals surface area contributed by atoms with Crippen molar-refractivity contribution in [3.63, 3.8) is 0 Å². The van der Waals surface area contributed by atoms with Gasteiger partial charge in [-0.2, -0.15) is 13.2 Å². The van der Waals surface area contributed by atoms with E-state index in [-0.39, 0.29) is 29.8 Å². The van der Waals surface area contributed by atoms with E-state index in [1.807, 2.05) is 0 Å². The van der Waals surface area contributed by atoms with Crippen LogP contribution < -0.4 is 5.32 Å². The molecule has 7 heteroatoms. The minimum absolute atomic E-state index is 0.0381. The molecule has 224 valence electrons. The molecule has 0 saturated heterocycles. The van der Waals surface area contributed by atoms with Gasteiger partial charge in [0.1, 0.15) is 5.54 Å². The minimum Gasteiger partial charge on any atom is -0.349 e. The van der Waals surface area contributed by atoms with Gasteiger partial charge in [0.25, 0.3) is 0 Å². The number of halogens is 3. The van der Waals surface area contributed by atoms with Gasteiger partial charge in [0, 0.05) is 19.0 Å². The van der Waals surface area contributed by atoms with Crippen LogP contribution in [0.3, 0.4) is 0 Å². The molecule has 2 aromatic rings. The average Bonchev–Trinajstić information content (AvgIpc) is 2.93. The standard InChI is InChI=1S/C35H41F3N2O2/c1-22(41)40(21-23-6-8-31(9-7-23)35(36,37)38)34(11-10-29-15-27-4-2-3-5-28(27)16-30(29)20-34)32(42)39-33-17-24-12-25(18-33)14-26(13-24)19-33/h2-9,24-26,29-30H,10-21H2,1H3,(H,39,42)/t24?,25?,26?,29-,30+,33?,34-/m1/s1. The smallest absolute Gasteiger partial charge is 0.349 e. The van der Waals surface area contributed by atoms with E-state index < -0.39 is 17.3 Å². The van der Waals surface area contributed by atoms with E-state index in [0.29, 0.717) is 42.1 Å². The Bertz CT molecular complexity index is 1330. The van der Waals surface area contributed by atoms with Crippen molar-refractivity contribution < 1.29 is 22.8 Å². The number of amides is 2. The number of benzene rings is 2. The lowest BCUT2D eigenvalue weighted by atomic mass is 9.52. The van der Waals surface area contributed by atoms with Gasteiger partial charge in [0.15, 0.2) is 0 Å². The van der Waals surface area contributed by atoms with Crippen LogP contribution in [0.25, 0.3) is 0 Å². The molecule has 0 aromatic heterocycles. The van der Waals surface area contributed by atoms with Gasteiger partial charge in [-0.25, -0.2) is 0 Å². The number of nitrogens with zero attached hydrogens (tertiary/aromatic N) is 1. The van der Waals surface area contributed by atoms with Crippen LogP contribution in [-0.4, -0.2) is 27.8 Å². The SMILES string of the molecule is CC(=O)N(Cc1ccc(C(F)(F)F)cc1)[C@]1(C(=O)NC23CC4CC(CC(C4)C2)C3)CC[C@@H]2Cc3ccccc3C[C@H]2C1. The van der Waals surface area contributed by atoms with Crippen molar-refractivity contribution in [1.82, 2.24) is 10.2 Å². The Morgan fingerprint density at radius 1 is 0.857 bits per heavy atom. The number of carbonyl (C=O) groups is 2. The molecule has 42 heavy (non-hydrogen) atoms. The van der Waals surface area contributed by atoms with Gasteiger partial charge in [0.05, 0.1) is 5.56 Å². The average molecular weight is 579 g/mol. The quantitative estimate of drug-likeness (QED) is 0.412. The summed E-state index contributed by atoms with van der Waals surface area (Å²) in [7, 11) is 0. The molecule has 0 heterocycles. The Morgan fingerprint density at radius 3 is 1.98 bits per heavy atom. The molecule has 5 saturated carbocycles. The Hall–Kier alpha value is -2.83. The highest BCUT2D eigenvalue weighted by Crippen LogP contribution is 2.56. The summed E-state index contributed by atoms with van der Waals surface area (Å²) in [6, 6.07) is 13.6. The minimum atomic E-state index is -4.42. The van der Waals surface area contributed by atoms with Crippen molar-refractivity contribution in [2.24, 2.45) is 29.6 Å². The fourth-order valence-electron chi connectivity index (χ4n) is 10.1. The Kier molecular flexibility index (Phi) is 6.74. The normalized spacial score (nSPS) is 34.8. The highest BCUT2D eigenvalue weighted by Gasteiger charge is 2.56. The molecule has 4 bridgehead atoms. The molecule has 0 spiro atoms. The predicted octanol–water partition coefficient (Wildman–Crippen LogP) is 7.09. The molecule has 2 amide bonds. The van der Waals surface area contributed by atoms with Crippen LogP contribution in [0.1, 0.15) is 87.0 Å². The Morgan fingerprint density at radius 2 is 1.43 bits per heavy atom. The number of fused-ring (bicyclic) bond motifs is 2. The van der Waals surface area contributed by atoms with E-state index in [4.69, 9.17) is 0 Å². The molecule has 0 radical (unpaired) electrons. The van der Waals surface area contributed by atoms with Gasteiger partial charge in [-0.05, 0) is 129 Å². The lowest BCUT2D eigenvalue weighted by Crippen LogP contribution is -2.68. The van der Waals surface area contributed by atoms with E-state index in [1.54, 1.807) is 4.90 Å². The Labute approximate surface area is 246 Å². The van der Waals surface area contributed by atoms with Crippen LogP contribution in [-0.2, 0) is 35.2 Å². The molecule has 4 nitrogen and oxygen atoms in total. The molecular weight excluding hydrogens is 537 g/mol. The Balaban J connectivity index is 1.22. The maximum absolute atomic E-state index is 14.8. The third-order valence-corrected chi connectivity index (χ3v) is 11.6. The number of alkyl halides is 3. The van der Waals surface area contributed by atoms with Crippen molar-refractivity contribution in [2.45, 2.75) is 101 Å². The molecule has 3 atom stereocenters. The molecule has 2 aromatic carbocycles. The summed E-state index contributed by atoms with van der Waals surface area (Å²) in [6.45, 7) is 1.63. The van der Waals surface area contributed by atoms with Crippen molar-refractivity contribution in [1.29, 1.82) is 0 Å². The molecule has 8 rings (SSSR count). The van der Waals surface area contributed by atoms with Crippen LogP contribution in [0.2, 0.25) is 0 Å².